The minimum absolute atomic E-state index is 0.152. The van der Waals surface area contributed by atoms with Crippen LogP contribution in [0.5, 0.6) is 5.75 Å². The zero-order valence-corrected chi connectivity index (χ0v) is 16.6. The summed E-state index contributed by atoms with van der Waals surface area (Å²) in [5.41, 5.74) is 1.17. The maximum atomic E-state index is 14.6. The lowest BCUT2D eigenvalue weighted by Crippen LogP contribution is -2.65. The van der Waals surface area contributed by atoms with Crippen LogP contribution in [0.25, 0.3) is 0 Å². The van der Waals surface area contributed by atoms with Gasteiger partial charge in [0.05, 0.1) is 26.5 Å². The van der Waals surface area contributed by atoms with Gasteiger partial charge in [0.2, 0.25) is 5.91 Å². The number of methoxy groups -OCH3 is 1. The van der Waals surface area contributed by atoms with Crippen molar-refractivity contribution in [2.75, 3.05) is 31.8 Å². The van der Waals surface area contributed by atoms with Gasteiger partial charge < -0.3 is 14.4 Å². The molecule has 9 heteroatoms. The van der Waals surface area contributed by atoms with Crippen molar-refractivity contribution in [1.29, 1.82) is 0 Å². The number of carbonyl (C=O) groups is 2. The Hall–Kier alpha value is -3.07. The van der Waals surface area contributed by atoms with Crippen molar-refractivity contribution in [2.24, 2.45) is 5.92 Å². The van der Waals surface area contributed by atoms with Crippen LogP contribution in [0.15, 0.2) is 30.5 Å². The lowest BCUT2D eigenvalue weighted by atomic mass is 9.92. The number of rotatable bonds is 5. The third-order valence-electron chi connectivity index (χ3n) is 5.44. The van der Waals surface area contributed by atoms with Gasteiger partial charge in [-0.2, -0.15) is 0 Å². The molecule has 0 saturated carbocycles. The van der Waals surface area contributed by atoms with Gasteiger partial charge in [-0.3, -0.25) is 14.5 Å². The van der Waals surface area contributed by atoms with Crippen LogP contribution in [0.2, 0.25) is 0 Å². The Bertz CT molecular complexity index is 996. The number of nitrogens with zero attached hydrogens (tertiary/aromatic N) is 3. The summed E-state index contributed by atoms with van der Waals surface area (Å²) in [6, 6.07) is 4.89. The van der Waals surface area contributed by atoms with E-state index in [4.69, 9.17) is 9.47 Å². The number of hydrogen-bond donors (Lipinski definition) is 0. The van der Waals surface area contributed by atoms with E-state index in [1.165, 1.54) is 24.3 Å². The molecule has 0 N–H and O–H groups in total. The predicted octanol–water partition coefficient (Wildman–Crippen LogP) is 2.07. The van der Waals surface area contributed by atoms with E-state index in [1.807, 2.05) is 0 Å². The van der Waals surface area contributed by atoms with E-state index < -0.39 is 17.8 Å². The molecular formula is C21H21F2N3O4. The Labute approximate surface area is 172 Å². The molecule has 1 aromatic carbocycles. The molecule has 0 aliphatic carbocycles. The summed E-state index contributed by atoms with van der Waals surface area (Å²) < 4.78 is 38.3. The van der Waals surface area contributed by atoms with E-state index in [2.05, 4.69) is 4.98 Å². The van der Waals surface area contributed by atoms with Crippen LogP contribution < -0.4 is 9.64 Å². The van der Waals surface area contributed by atoms with Gasteiger partial charge in [-0.25, -0.2) is 13.8 Å². The molecule has 1 aromatic heterocycles. The highest BCUT2D eigenvalue weighted by Crippen LogP contribution is 2.31. The Morgan fingerprint density at radius 2 is 1.97 bits per heavy atom. The van der Waals surface area contributed by atoms with Gasteiger partial charge in [-0.1, -0.05) is 12.1 Å². The third-order valence-corrected chi connectivity index (χ3v) is 5.44. The maximum Gasteiger partial charge on any atom is 0.251 e. The smallest absolute Gasteiger partial charge is 0.251 e. The van der Waals surface area contributed by atoms with Gasteiger partial charge in [0.1, 0.15) is 24.2 Å². The van der Waals surface area contributed by atoms with E-state index in [-0.39, 0.29) is 42.3 Å². The first kappa shape index (κ1) is 20.2. The molecule has 2 saturated heterocycles. The molecular weight excluding hydrogens is 396 g/mol. The van der Waals surface area contributed by atoms with Gasteiger partial charge in [-0.05, 0) is 24.1 Å². The number of ether oxygens (including phenoxy) is 2. The highest BCUT2D eigenvalue weighted by atomic mass is 19.1. The van der Waals surface area contributed by atoms with Gasteiger partial charge >= 0.3 is 0 Å². The maximum absolute atomic E-state index is 14.6. The lowest BCUT2D eigenvalue weighted by Gasteiger charge is -2.45. The molecule has 2 aliphatic rings. The largest absolute Gasteiger partial charge is 0.495 e. The molecule has 1 atom stereocenters. The van der Waals surface area contributed by atoms with E-state index >= 15 is 0 Å². The third kappa shape index (κ3) is 3.60. The number of pyridine rings is 1. The van der Waals surface area contributed by atoms with Crippen molar-refractivity contribution >= 4 is 17.6 Å². The van der Waals surface area contributed by atoms with Crippen molar-refractivity contribution < 1.29 is 27.8 Å². The molecule has 2 amide bonds. The van der Waals surface area contributed by atoms with E-state index in [0.29, 0.717) is 24.3 Å². The molecule has 0 spiro atoms. The summed E-state index contributed by atoms with van der Waals surface area (Å²) >= 11 is 0. The monoisotopic (exact) mass is 417 g/mol. The molecule has 7 nitrogen and oxygen atoms in total. The second-order valence-corrected chi connectivity index (χ2v) is 7.45. The number of carbonyl (C=O) groups excluding carboxylic acids is 2. The number of anilines is 1. The first-order chi connectivity index (χ1) is 14.4. The van der Waals surface area contributed by atoms with Crippen LogP contribution in [0.4, 0.5) is 14.6 Å². The van der Waals surface area contributed by atoms with Crippen LogP contribution in [0, 0.1) is 24.5 Å². The van der Waals surface area contributed by atoms with E-state index in [0.717, 1.165) is 11.0 Å². The van der Waals surface area contributed by atoms with E-state index in [9.17, 15) is 18.4 Å². The molecule has 0 bridgehead atoms. The topological polar surface area (TPSA) is 72.0 Å². The van der Waals surface area contributed by atoms with Crippen molar-refractivity contribution in [1.82, 2.24) is 9.88 Å². The number of halogens is 2. The molecule has 4 rings (SSSR count). The van der Waals surface area contributed by atoms with Crippen molar-refractivity contribution in [3.63, 3.8) is 0 Å². The summed E-state index contributed by atoms with van der Waals surface area (Å²) in [6.45, 7) is 2.11. The second kappa shape index (κ2) is 7.98. The Morgan fingerprint density at radius 3 is 2.57 bits per heavy atom. The number of aromatic nitrogens is 1. The predicted molar refractivity (Wildman–Crippen MR) is 103 cm³/mol. The fourth-order valence-electron chi connectivity index (χ4n) is 3.74. The molecule has 0 radical (unpaired) electrons. The number of amides is 2. The van der Waals surface area contributed by atoms with Crippen molar-refractivity contribution in [2.45, 2.75) is 19.5 Å². The molecule has 2 fully saturated rings. The highest BCUT2D eigenvalue weighted by Gasteiger charge is 2.47. The van der Waals surface area contributed by atoms with Crippen molar-refractivity contribution in [3.05, 3.63) is 53.2 Å². The number of hydrogen-bond acceptors (Lipinski definition) is 5. The fourth-order valence-corrected chi connectivity index (χ4v) is 3.74. The summed E-state index contributed by atoms with van der Waals surface area (Å²) in [6.07, 6.45) is 1.30. The highest BCUT2D eigenvalue weighted by molar-refractivity contribution is 6.06. The lowest BCUT2D eigenvalue weighted by molar-refractivity contribution is -0.155. The zero-order valence-electron chi connectivity index (χ0n) is 16.6. The first-order valence-corrected chi connectivity index (χ1v) is 9.52. The van der Waals surface area contributed by atoms with Gasteiger partial charge in [-0.15, -0.1) is 0 Å². The summed E-state index contributed by atoms with van der Waals surface area (Å²) in [5.74, 6) is -2.05. The SMILES string of the molecule is COc1cnc(N2CC(=O)N(Cc3ccc(F)c(C)c3)[C@H](C3COC3)C2=O)c(F)c1. The quantitative estimate of drug-likeness (QED) is 0.745. The zero-order chi connectivity index (χ0) is 21.4. The average Bonchev–Trinajstić information content (AvgIpc) is 2.68. The second-order valence-electron chi connectivity index (χ2n) is 7.45. The van der Waals surface area contributed by atoms with E-state index in [1.54, 1.807) is 19.1 Å². The van der Waals surface area contributed by atoms with Gasteiger partial charge in [0.25, 0.3) is 5.91 Å². The van der Waals surface area contributed by atoms with Crippen LogP contribution in [0.1, 0.15) is 11.1 Å². The molecule has 2 aromatic rings. The summed E-state index contributed by atoms with van der Waals surface area (Å²) in [7, 11) is 1.38. The minimum Gasteiger partial charge on any atom is -0.495 e. The minimum atomic E-state index is -0.811. The Balaban J connectivity index is 1.65. The van der Waals surface area contributed by atoms with Crippen LogP contribution >= 0.6 is 0 Å². The van der Waals surface area contributed by atoms with Gasteiger partial charge in [0, 0.05) is 18.5 Å². The van der Waals surface area contributed by atoms with Crippen LogP contribution in [-0.2, 0) is 20.9 Å². The summed E-state index contributed by atoms with van der Waals surface area (Å²) in [4.78, 5) is 32.9. The molecule has 158 valence electrons. The molecule has 30 heavy (non-hydrogen) atoms. The number of piperazine rings is 1. The van der Waals surface area contributed by atoms with Gasteiger partial charge in [0.15, 0.2) is 11.6 Å². The fraction of sp³-hybridized carbons (Fsp3) is 0.381. The Kier molecular flexibility index (Phi) is 5.38. The molecule has 2 aliphatic heterocycles. The number of benzene rings is 1. The average molecular weight is 417 g/mol. The standard InChI is InChI=1S/C21H21F2N3O4/c1-12-5-13(3-4-16(12)22)8-25-18(27)9-26(21(28)19(25)14-10-30-11-14)20-17(23)6-15(29-2)7-24-20/h3-7,14,19H,8-11H2,1-2H3/t19-/m1/s1. The molecule has 0 unspecified atom stereocenters. The van der Waals surface area contributed by atoms with Crippen molar-refractivity contribution in [3.8, 4) is 5.75 Å². The van der Waals surface area contributed by atoms with Crippen LogP contribution in [-0.4, -0.2) is 54.6 Å². The normalized spacial score (nSPS) is 19.8. The van der Waals surface area contributed by atoms with Crippen LogP contribution in [0.3, 0.4) is 0 Å². The number of aryl methyl sites for hydroxylation is 1. The first-order valence-electron chi connectivity index (χ1n) is 9.52. The summed E-state index contributed by atoms with van der Waals surface area (Å²) in [5, 5.41) is 0. The Morgan fingerprint density at radius 1 is 1.20 bits per heavy atom. The molecule has 3 heterocycles.